The van der Waals surface area contributed by atoms with E-state index in [1.54, 1.807) is 0 Å². The number of amides is 1. The van der Waals surface area contributed by atoms with Crippen molar-refractivity contribution in [3.05, 3.63) is 28.4 Å². The maximum atomic E-state index is 11.1. The van der Waals surface area contributed by atoms with Gasteiger partial charge in [0.15, 0.2) is 0 Å². The number of nitrogens with two attached hydrogens (primary N) is 1. The van der Waals surface area contributed by atoms with Crippen LogP contribution in [0.2, 0.25) is 0 Å². The molecule has 0 saturated heterocycles. The molecule has 1 saturated carbocycles. The molecule has 1 aromatic rings. The van der Waals surface area contributed by atoms with E-state index in [0.717, 1.165) is 12.8 Å². The molecule has 1 amide bonds. The second-order valence-corrected chi connectivity index (χ2v) is 4.72. The van der Waals surface area contributed by atoms with Gasteiger partial charge in [0.1, 0.15) is 0 Å². The Morgan fingerprint density at radius 3 is 2.68 bits per heavy atom. The van der Waals surface area contributed by atoms with E-state index in [1.807, 2.05) is 0 Å². The van der Waals surface area contributed by atoms with E-state index in [9.17, 15) is 14.9 Å². The van der Waals surface area contributed by atoms with E-state index in [2.05, 4.69) is 10.3 Å². The molecule has 1 aliphatic rings. The summed E-state index contributed by atoms with van der Waals surface area (Å²) in [6.45, 7) is 0. The molecule has 7 heteroatoms. The first-order chi connectivity index (χ1) is 9.08. The molecular weight excluding hydrogens is 248 g/mol. The third-order valence-electron chi connectivity index (χ3n) is 3.45. The van der Waals surface area contributed by atoms with Crippen LogP contribution in [0.4, 0.5) is 11.5 Å². The van der Waals surface area contributed by atoms with Crippen molar-refractivity contribution < 1.29 is 9.72 Å². The maximum absolute atomic E-state index is 11.1. The Morgan fingerprint density at radius 1 is 1.42 bits per heavy atom. The van der Waals surface area contributed by atoms with E-state index in [4.69, 9.17) is 5.73 Å². The van der Waals surface area contributed by atoms with Crippen LogP contribution in [0.1, 0.15) is 25.7 Å². The third kappa shape index (κ3) is 3.18. The highest BCUT2D eigenvalue weighted by molar-refractivity contribution is 5.76. The van der Waals surface area contributed by atoms with E-state index in [0.29, 0.717) is 12.8 Å². The fraction of sp³-hybridized carbons (Fsp3) is 0.500. The number of hydrogen-bond acceptors (Lipinski definition) is 5. The Morgan fingerprint density at radius 2 is 2.11 bits per heavy atom. The van der Waals surface area contributed by atoms with Crippen LogP contribution in [-0.2, 0) is 4.79 Å². The van der Waals surface area contributed by atoms with Gasteiger partial charge in [-0.1, -0.05) is 0 Å². The number of rotatable bonds is 4. The maximum Gasteiger partial charge on any atom is 0.311 e. The number of pyridine rings is 1. The monoisotopic (exact) mass is 264 g/mol. The van der Waals surface area contributed by atoms with Gasteiger partial charge in [-0.3, -0.25) is 14.9 Å². The molecule has 0 aromatic carbocycles. The van der Waals surface area contributed by atoms with E-state index in [-0.39, 0.29) is 29.4 Å². The lowest BCUT2D eigenvalue weighted by Crippen LogP contribution is -2.32. The predicted octanol–water partition coefficient (Wildman–Crippen LogP) is 1.45. The normalized spacial score (nSPS) is 22.7. The summed E-state index contributed by atoms with van der Waals surface area (Å²) in [6.07, 6.45) is 4.48. The van der Waals surface area contributed by atoms with Gasteiger partial charge in [-0.25, -0.2) is 4.98 Å². The van der Waals surface area contributed by atoms with Crippen LogP contribution in [0.15, 0.2) is 18.3 Å². The van der Waals surface area contributed by atoms with Crippen molar-refractivity contribution in [1.82, 2.24) is 4.98 Å². The van der Waals surface area contributed by atoms with Crippen LogP contribution in [0.5, 0.6) is 0 Å². The van der Waals surface area contributed by atoms with Crippen molar-refractivity contribution in [3.63, 3.8) is 0 Å². The lowest BCUT2D eigenvalue weighted by molar-refractivity contribution is -0.384. The van der Waals surface area contributed by atoms with E-state index >= 15 is 0 Å². The minimum atomic E-state index is -0.454. The number of carbonyl (C=O) groups excluding carboxylic acids is 1. The van der Waals surface area contributed by atoms with Crippen LogP contribution >= 0.6 is 0 Å². The van der Waals surface area contributed by atoms with Crippen LogP contribution in [0.25, 0.3) is 0 Å². The summed E-state index contributed by atoms with van der Waals surface area (Å²) in [6, 6.07) is 3.06. The molecule has 0 radical (unpaired) electrons. The second kappa shape index (κ2) is 5.64. The highest BCUT2D eigenvalue weighted by Crippen LogP contribution is 2.28. The van der Waals surface area contributed by atoms with Crippen LogP contribution in [0, 0.1) is 16.0 Å². The summed E-state index contributed by atoms with van der Waals surface area (Å²) in [5, 5.41) is 14.0. The first kappa shape index (κ1) is 13.3. The molecule has 7 nitrogen and oxygen atoms in total. The number of anilines is 1. The molecule has 3 N–H and O–H groups in total. The molecule has 19 heavy (non-hydrogen) atoms. The highest BCUT2D eigenvalue weighted by atomic mass is 16.6. The number of primary amides is 1. The van der Waals surface area contributed by atoms with Gasteiger partial charge in [0.25, 0.3) is 0 Å². The topological polar surface area (TPSA) is 111 Å². The number of aromatic nitrogens is 1. The Kier molecular flexibility index (Phi) is 3.94. The summed E-state index contributed by atoms with van der Waals surface area (Å²) < 4.78 is 0. The minimum absolute atomic E-state index is 0.0282. The van der Waals surface area contributed by atoms with E-state index in [1.165, 1.54) is 18.3 Å². The van der Waals surface area contributed by atoms with Gasteiger partial charge >= 0.3 is 5.69 Å². The zero-order valence-corrected chi connectivity index (χ0v) is 10.4. The average molecular weight is 264 g/mol. The van der Waals surface area contributed by atoms with Gasteiger partial charge in [0.2, 0.25) is 11.7 Å². The Bertz CT molecular complexity index is 484. The standard InChI is InChI=1S/C12H16N4O3/c13-11(17)8-3-5-9(6-4-8)15-12-10(16(18)19)2-1-7-14-12/h1-2,7-9H,3-6H2,(H2,13,17)(H,14,15). The molecule has 102 valence electrons. The van der Waals surface area contributed by atoms with Crippen molar-refractivity contribution in [2.24, 2.45) is 11.7 Å². The number of nitrogens with one attached hydrogen (secondary N) is 1. The lowest BCUT2D eigenvalue weighted by Gasteiger charge is -2.27. The molecular formula is C12H16N4O3. The van der Waals surface area contributed by atoms with Gasteiger partial charge in [0.05, 0.1) is 4.92 Å². The largest absolute Gasteiger partial charge is 0.369 e. The molecule has 1 fully saturated rings. The Hall–Kier alpha value is -2.18. The molecule has 0 atom stereocenters. The summed E-state index contributed by atoms with van der Waals surface area (Å²) in [5.41, 5.74) is 5.24. The minimum Gasteiger partial charge on any atom is -0.369 e. The van der Waals surface area contributed by atoms with Crippen LogP contribution < -0.4 is 11.1 Å². The first-order valence-electron chi connectivity index (χ1n) is 6.23. The molecule has 1 aliphatic carbocycles. The first-order valence-corrected chi connectivity index (χ1v) is 6.23. The molecule has 1 heterocycles. The predicted molar refractivity (Wildman–Crippen MR) is 69.5 cm³/mol. The lowest BCUT2D eigenvalue weighted by atomic mass is 9.85. The number of carbonyl (C=O) groups is 1. The molecule has 2 rings (SSSR count). The molecule has 0 bridgehead atoms. The molecule has 0 spiro atoms. The highest BCUT2D eigenvalue weighted by Gasteiger charge is 2.26. The number of hydrogen-bond donors (Lipinski definition) is 2. The van der Waals surface area contributed by atoms with Crippen molar-refractivity contribution in [2.75, 3.05) is 5.32 Å². The van der Waals surface area contributed by atoms with Gasteiger partial charge in [-0.15, -0.1) is 0 Å². The summed E-state index contributed by atoms with van der Waals surface area (Å²) in [4.78, 5) is 25.5. The Balaban J connectivity index is 2.00. The quantitative estimate of drug-likeness (QED) is 0.631. The van der Waals surface area contributed by atoms with E-state index < -0.39 is 4.92 Å². The van der Waals surface area contributed by atoms with Gasteiger partial charge < -0.3 is 11.1 Å². The number of nitrogens with zero attached hydrogens (tertiary/aromatic N) is 2. The zero-order chi connectivity index (χ0) is 13.8. The van der Waals surface area contributed by atoms with Crippen molar-refractivity contribution in [3.8, 4) is 0 Å². The summed E-state index contributed by atoms with van der Waals surface area (Å²) in [7, 11) is 0. The molecule has 0 unspecified atom stereocenters. The number of nitro groups is 1. The second-order valence-electron chi connectivity index (χ2n) is 4.72. The fourth-order valence-electron chi connectivity index (χ4n) is 2.37. The van der Waals surface area contributed by atoms with Gasteiger partial charge in [-0.05, 0) is 31.7 Å². The average Bonchev–Trinajstić information content (AvgIpc) is 2.39. The van der Waals surface area contributed by atoms with Gasteiger partial charge in [-0.2, -0.15) is 0 Å². The van der Waals surface area contributed by atoms with Crippen LogP contribution in [0.3, 0.4) is 0 Å². The molecule has 1 aromatic heterocycles. The Labute approximate surface area is 110 Å². The smallest absolute Gasteiger partial charge is 0.311 e. The van der Waals surface area contributed by atoms with Gasteiger partial charge in [0, 0.05) is 24.2 Å². The SMILES string of the molecule is NC(=O)C1CCC(Nc2ncccc2[N+](=O)[O-])CC1. The van der Waals surface area contributed by atoms with Crippen molar-refractivity contribution >= 4 is 17.4 Å². The zero-order valence-electron chi connectivity index (χ0n) is 10.4. The third-order valence-corrected chi connectivity index (χ3v) is 3.45. The fourth-order valence-corrected chi connectivity index (χ4v) is 2.37. The van der Waals surface area contributed by atoms with Crippen molar-refractivity contribution in [1.29, 1.82) is 0 Å². The summed E-state index contributed by atoms with van der Waals surface area (Å²) >= 11 is 0. The van der Waals surface area contributed by atoms with Crippen molar-refractivity contribution in [2.45, 2.75) is 31.7 Å². The summed E-state index contributed by atoms with van der Waals surface area (Å²) in [5.74, 6) is -0.0472. The molecule has 0 aliphatic heterocycles. The van der Waals surface area contributed by atoms with Crippen LogP contribution in [-0.4, -0.2) is 21.9 Å².